The van der Waals surface area contributed by atoms with Gasteiger partial charge in [-0.25, -0.2) is 4.79 Å². The zero-order chi connectivity index (χ0) is 17.1. The molecule has 0 fully saturated rings. The van der Waals surface area contributed by atoms with Gasteiger partial charge in [-0.1, -0.05) is 0 Å². The van der Waals surface area contributed by atoms with Crippen molar-refractivity contribution in [2.75, 3.05) is 20.7 Å². The Labute approximate surface area is 135 Å². The molecule has 1 amide bonds. The average molecular weight is 319 g/mol. The Morgan fingerprint density at radius 3 is 2.61 bits per heavy atom. The molecular weight excluding hydrogens is 298 g/mol. The molecule has 0 saturated heterocycles. The lowest BCUT2D eigenvalue weighted by molar-refractivity contribution is -0.137. The molecule has 0 N–H and O–H groups in total. The van der Waals surface area contributed by atoms with E-state index in [1.165, 1.54) is 11.8 Å². The minimum Gasteiger partial charge on any atom is -0.494 e. The largest absolute Gasteiger partial charge is 0.494 e. The molecule has 0 saturated carbocycles. The molecule has 2 rings (SSSR count). The second-order valence-corrected chi connectivity index (χ2v) is 5.43. The maximum absolute atomic E-state index is 12.3. The van der Waals surface area contributed by atoms with Gasteiger partial charge >= 0.3 is 5.97 Å². The zero-order valence-electron chi connectivity index (χ0n) is 14.0. The minimum absolute atomic E-state index is 0.104. The first-order valence-electron chi connectivity index (χ1n) is 7.43. The number of hydrogen-bond donors (Lipinski definition) is 0. The Morgan fingerprint density at radius 2 is 2.00 bits per heavy atom. The van der Waals surface area contributed by atoms with Crippen LogP contribution < -0.4 is 4.74 Å². The Bertz CT molecular complexity index is 732. The van der Waals surface area contributed by atoms with Gasteiger partial charge in [0.15, 0.2) is 6.10 Å². The van der Waals surface area contributed by atoms with E-state index in [2.05, 4.69) is 0 Å². The lowest BCUT2D eigenvalue weighted by Gasteiger charge is -2.16. The normalized spacial score (nSPS) is 12.0. The number of hydrogen-bond acceptors (Lipinski definition) is 5. The number of esters is 1. The number of nitrogens with zero attached hydrogens (tertiary/aromatic N) is 1. The molecule has 0 aliphatic rings. The molecular formula is C17H21NO5. The van der Waals surface area contributed by atoms with Gasteiger partial charge < -0.3 is 18.8 Å². The number of likely N-dealkylation sites (N-methyl/N-ethyl adjacent to an activating group) is 1. The van der Waals surface area contributed by atoms with Gasteiger partial charge in [0.1, 0.15) is 11.3 Å². The zero-order valence-corrected chi connectivity index (χ0v) is 14.0. The molecule has 1 heterocycles. The number of rotatable bonds is 5. The van der Waals surface area contributed by atoms with Crippen LogP contribution in [-0.2, 0) is 9.53 Å². The van der Waals surface area contributed by atoms with E-state index in [1.807, 2.05) is 13.0 Å². The molecule has 2 aromatic rings. The van der Waals surface area contributed by atoms with Gasteiger partial charge in [-0.15, -0.1) is 0 Å². The summed E-state index contributed by atoms with van der Waals surface area (Å²) in [6.07, 6.45) is -0.871. The number of carbonyl (C=O) groups is 2. The van der Waals surface area contributed by atoms with Crippen LogP contribution in [0.15, 0.2) is 22.6 Å². The van der Waals surface area contributed by atoms with Crippen molar-refractivity contribution in [3.05, 3.63) is 29.5 Å². The van der Waals surface area contributed by atoms with E-state index >= 15 is 0 Å². The summed E-state index contributed by atoms with van der Waals surface area (Å²) in [5.41, 5.74) is 1.24. The fraction of sp³-hybridized carbons (Fsp3) is 0.412. The molecule has 0 unspecified atom stereocenters. The van der Waals surface area contributed by atoms with Crippen molar-refractivity contribution in [3.8, 4) is 5.75 Å². The van der Waals surface area contributed by atoms with Crippen LogP contribution in [0.25, 0.3) is 11.0 Å². The van der Waals surface area contributed by atoms with Crippen molar-refractivity contribution in [3.63, 3.8) is 0 Å². The van der Waals surface area contributed by atoms with E-state index in [0.29, 0.717) is 23.5 Å². The van der Waals surface area contributed by atoms with Crippen molar-refractivity contribution < 1.29 is 23.5 Å². The van der Waals surface area contributed by atoms with E-state index in [9.17, 15) is 9.59 Å². The predicted molar refractivity (Wildman–Crippen MR) is 85.7 cm³/mol. The van der Waals surface area contributed by atoms with E-state index < -0.39 is 12.1 Å². The highest BCUT2D eigenvalue weighted by molar-refractivity contribution is 5.97. The van der Waals surface area contributed by atoms with Crippen LogP contribution in [0.3, 0.4) is 0 Å². The predicted octanol–water partition coefficient (Wildman–Crippen LogP) is 2.77. The quantitative estimate of drug-likeness (QED) is 0.793. The first-order chi connectivity index (χ1) is 10.8. The highest BCUT2D eigenvalue weighted by atomic mass is 16.6. The van der Waals surface area contributed by atoms with Gasteiger partial charge in [0.2, 0.25) is 5.76 Å². The summed E-state index contributed by atoms with van der Waals surface area (Å²) >= 11 is 0. The second-order valence-electron chi connectivity index (χ2n) is 5.43. The topological polar surface area (TPSA) is 69.0 Å². The van der Waals surface area contributed by atoms with Gasteiger partial charge in [-0.05, 0) is 39.0 Å². The van der Waals surface area contributed by atoms with E-state index in [4.69, 9.17) is 13.9 Å². The maximum atomic E-state index is 12.3. The standard InChI is InChI=1S/C17H21NO5/c1-6-21-12-7-8-14-13(9-12)10(2)15(23-14)17(20)22-11(3)16(19)18(4)5/h7-9,11H,6H2,1-5H3/t11-/m0/s1. The van der Waals surface area contributed by atoms with Gasteiger partial charge in [0, 0.05) is 25.0 Å². The number of fused-ring (bicyclic) bond motifs is 1. The molecule has 6 heteroatoms. The molecule has 0 spiro atoms. The summed E-state index contributed by atoms with van der Waals surface area (Å²) in [7, 11) is 3.21. The van der Waals surface area contributed by atoms with Gasteiger partial charge in [0.05, 0.1) is 6.61 Å². The highest BCUT2D eigenvalue weighted by Gasteiger charge is 2.25. The lowest BCUT2D eigenvalue weighted by atomic mass is 10.1. The summed E-state index contributed by atoms with van der Waals surface area (Å²) in [6, 6.07) is 5.35. The summed E-state index contributed by atoms with van der Waals surface area (Å²) in [4.78, 5) is 25.4. The van der Waals surface area contributed by atoms with Crippen LogP contribution in [0.2, 0.25) is 0 Å². The van der Waals surface area contributed by atoms with E-state index in [-0.39, 0.29) is 11.7 Å². The molecule has 0 radical (unpaired) electrons. The van der Waals surface area contributed by atoms with Crippen molar-refractivity contribution in [1.29, 1.82) is 0 Å². The number of benzene rings is 1. The summed E-state index contributed by atoms with van der Waals surface area (Å²) in [5, 5.41) is 0.787. The number of carbonyl (C=O) groups excluding carboxylic acids is 2. The third kappa shape index (κ3) is 3.47. The molecule has 0 aliphatic heterocycles. The van der Waals surface area contributed by atoms with E-state index in [1.54, 1.807) is 33.2 Å². The second kappa shape index (κ2) is 6.73. The third-order valence-corrected chi connectivity index (χ3v) is 3.48. The summed E-state index contributed by atoms with van der Waals surface area (Å²) in [5.74, 6) is -0.128. The first-order valence-corrected chi connectivity index (χ1v) is 7.43. The molecule has 23 heavy (non-hydrogen) atoms. The van der Waals surface area contributed by atoms with Crippen LogP contribution >= 0.6 is 0 Å². The fourth-order valence-corrected chi connectivity index (χ4v) is 2.28. The van der Waals surface area contributed by atoms with Gasteiger partial charge in [0.25, 0.3) is 5.91 Å². The summed E-state index contributed by atoms with van der Waals surface area (Å²) < 4.78 is 16.2. The Kier molecular flexibility index (Phi) is 4.93. The fourth-order valence-electron chi connectivity index (χ4n) is 2.28. The SMILES string of the molecule is CCOc1ccc2oc(C(=O)O[C@@H](C)C(=O)N(C)C)c(C)c2c1. The third-order valence-electron chi connectivity index (χ3n) is 3.48. The molecule has 0 bridgehead atoms. The summed E-state index contributed by atoms with van der Waals surface area (Å²) in [6.45, 7) is 5.77. The van der Waals surface area contributed by atoms with Crippen LogP contribution in [-0.4, -0.2) is 43.6 Å². The molecule has 1 aromatic carbocycles. The minimum atomic E-state index is -0.871. The molecule has 6 nitrogen and oxygen atoms in total. The van der Waals surface area contributed by atoms with Crippen LogP contribution in [0.1, 0.15) is 30.0 Å². The monoisotopic (exact) mass is 319 g/mol. The maximum Gasteiger partial charge on any atom is 0.375 e. The molecule has 124 valence electrons. The van der Waals surface area contributed by atoms with E-state index in [0.717, 1.165) is 5.39 Å². The smallest absolute Gasteiger partial charge is 0.375 e. The van der Waals surface area contributed by atoms with Gasteiger partial charge in [-0.3, -0.25) is 4.79 Å². The average Bonchev–Trinajstić information content (AvgIpc) is 2.83. The molecule has 1 atom stereocenters. The number of furan rings is 1. The Balaban J connectivity index is 2.27. The van der Waals surface area contributed by atoms with Crippen molar-refractivity contribution >= 4 is 22.8 Å². The molecule has 1 aromatic heterocycles. The van der Waals surface area contributed by atoms with Crippen molar-refractivity contribution in [2.24, 2.45) is 0 Å². The van der Waals surface area contributed by atoms with Crippen LogP contribution in [0, 0.1) is 6.92 Å². The lowest BCUT2D eigenvalue weighted by Crippen LogP contribution is -2.34. The number of ether oxygens (including phenoxy) is 2. The van der Waals surface area contributed by atoms with Crippen molar-refractivity contribution in [2.45, 2.75) is 26.9 Å². The highest BCUT2D eigenvalue weighted by Crippen LogP contribution is 2.29. The van der Waals surface area contributed by atoms with Crippen LogP contribution in [0.5, 0.6) is 5.75 Å². The first kappa shape index (κ1) is 16.9. The molecule has 0 aliphatic carbocycles. The number of aryl methyl sites for hydroxylation is 1. The number of amides is 1. The van der Waals surface area contributed by atoms with Gasteiger partial charge in [-0.2, -0.15) is 0 Å². The van der Waals surface area contributed by atoms with Crippen molar-refractivity contribution in [1.82, 2.24) is 4.90 Å². The Hall–Kier alpha value is -2.50. The van der Waals surface area contributed by atoms with Crippen LogP contribution in [0.4, 0.5) is 0 Å². The Morgan fingerprint density at radius 1 is 1.30 bits per heavy atom.